The van der Waals surface area contributed by atoms with Gasteiger partial charge in [0, 0.05) is 24.7 Å². The van der Waals surface area contributed by atoms with Gasteiger partial charge in [0.25, 0.3) is 0 Å². The molecule has 0 spiro atoms. The van der Waals surface area contributed by atoms with E-state index in [2.05, 4.69) is 15.1 Å². The third-order valence-corrected chi connectivity index (χ3v) is 1.61. The second-order valence-electron chi connectivity index (χ2n) is 2.53. The zero-order chi connectivity index (χ0) is 9.52. The Kier molecular flexibility index (Phi) is 3.60. The average molecular weight is 177 g/mol. The van der Waals surface area contributed by atoms with Crippen LogP contribution in [0.2, 0.25) is 0 Å². The van der Waals surface area contributed by atoms with Crippen molar-refractivity contribution in [1.82, 2.24) is 9.78 Å². The maximum absolute atomic E-state index is 8.01. The van der Waals surface area contributed by atoms with Crippen molar-refractivity contribution >= 4 is 6.08 Å². The van der Waals surface area contributed by atoms with Gasteiger partial charge >= 0.3 is 0 Å². The third kappa shape index (κ3) is 3.01. The lowest BCUT2D eigenvalue weighted by molar-refractivity contribution is 0.759. The summed E-state index contributed by atoms with van der Waals surface area (Å²) in [6, 6.07) is 1.92. The number of hydrogen-bond acceptors (Lipinski definition) is 2. The minimum Gasteiger partial charge on any atom is -0.269 e. The Morgan fingerprint density at radius 1 is 1.77 bits per heavy atom. The maximum Gasteiger partial charge on any atom is 0.0603 e. The molecule has 1 aromatic heterocycles. The molecule has 5 nitrogen and oxygen atoms in total. The van der Waals surface area contributed by atoms with E-state index in [1.54, 1.807) is 10.9 Å². The number of aromatic nitrogens is 2. The topological polar surface area (TPSA) is 66.6 Å². The van der Waals surface area contributed by atoms with Crippen LogP contribution in [0.15, 0.2) is 23.5 Å². The lowest BCUT2D eigenvalue weighted by Gasteiger charge is -1.92. The minimum absolute atomic E-state index is 0.505. The third-order valence-electron chi connectivity index (χ3n) is 1.61. The Morgan fingerprint density at radius 3 is 3.23 bits per heavy atom. The SMILES string of the molecule is Cn1nccc1C=CCCN=[N+]=[N-]. The first-order valence-electron chi connectivity index (χ1n) is 4.00. The first-order valence-corrected chi connectivity index (χ1v) is 4.00. The molecule has 0 aliphatic carbocycles. The largest absolute Gasteiger partial charge is 0.269 e. The van der Waals surface area contributed by atoms with Crippen LogP contribution in [0.25, 0.3) is 16.5 Å². The summed E-state index contributed by atoms with van der Waals surface area (Å²) in [6.45, 7) is 0.505. The summed E-state index contributed by atoms with van der Waals surface area (Å²) in [7, 11) is 1.88. The Hall–Kier alpha value is -1.74. The van der Waals surface area contributed by atoms with Gasteiger partial charge in [-0.2, -0.15) is 5.10 Å². The van der Waals surface area contributed by atoms with Gasteiger partial charge in [0.15, 0.2) is 0 Å². The fraction of sp³-hybridized carbons (Fsp3) is 0.375. The van der Waals surface area contributed by atoms with Gasteiger partial charge in [-0.1, -0.05) is 11.2 Å². The van der Waals surface area contributed by atoms with Crippen LogP contribution in [0.5, 0.6) is 0 Å². The molecular weight excluding hydrogens is 166 g/mol. The van der Waals surface area contributed by atoms with E-state index in [1.165, 1.54) is 0 Å². The van der Waals surface area contributed by atoms with Crippen LogP contribution < -0.4 is 0 Å². The van der Waals surface area contributed by atoms with Gasteiger partial charge in [-0.3, -0.25) is 4.68 Å². The highest BCUT2D eigenvalue weighted by atomic mass is 15.2. The molecule has 1 heterocycles. The lowest BCUT2D eigenvalue weighted by atomic mass is 10.3. The van der Waals surface area contributed by atoms with Gasteiger partial charge in [0.05, 0.1) is 5.69 Å². The fourth-order valence-electron chi connectivity index (χ4n) is 0.929. The molecule has 0 radical (unpaired) electrons. The molecule has 0 unspecified atom stereocenters. The van der Waals surface area contributed by atoms with Crippen molar-refractivity contribution in [3.63, 3.8) is 0 Å². The summed E-state index contributed by atoms with van der Waals surface area (Å²) < 4.78 is 1.78. The predicted octanol–water partition coefficient (Wildman–Crippen LogP) is 2.13. The molecule has 0 amide bonds. The van der Waals surface area contributed by atoms with Crippen molar-refractivity contribution in [3.8, 4) is 0 Å². The van der Waals surface area contributed by atoms with E-state index in [4.69, 9.17) is 5.53 Å². The lowest BCUT2D eigenvalue weighted by Crippen LogP contribution is -1.91. The van der Waals surface area contributed by atoms with Crippen molar-refractivity contribution < 1.29 is 0 Å². The summed E-state index contributed by atoms with van der Waals surface area (Å²) in [5.74, 6) is 0. The smallest absolute Gasteiger partial charge is 0.0603 e. The van der Waals surface area contributed by atoms with Gasteiger partial charge in [-0.15, -0.1) is 0 Å². The molecule has 0 aromatic carbocycles. The zero-order valence-corrected chi connectivity index (χ0v) is 7.46. The highest BCUT2D eigenvalue weighted by molar-refractivity contribution is 5.43. The number of rotatable bonds is 4. The molecule has 0 aliphatic heterocycles. The van der Waals surface area contributed by atoms with E-state index in [-0.39, 0.29) is 0 Å². The average Bonchev–Trinajstić information content (AvgIpc) is 2.52. The second kappa shape index (κ2) is 5.00. The second-order valence-corrected chi connectivity index (χ2v) is 2.53. The number of azide groups is 1. The molecule has 0 saturated carbocycles. The highest BCUT2D eigenvalue weighted by Crippen LogP contribution is 1.99. The summed E-state index contributed by atoms with van der Waals surface area (Å²) in [6.07, 6.45) is 6.42. The van der Waals surface area contributed by atoms with Crippen LogP contribution in [0.1, 0.15) is 12.1 Å². The van der Waals surface area contributed by atoms with Crippen molar-refractivity contribution in [2.45, 2.75) is 6.42 Å². The van der Waals surface area contributed by atoms with Crippen molar-refractivity contribution in [1.29, 1.82) is 0 Å². The van der Waals surface area contributed by atoms with Crippen LogP contribution in [-0.2, 0) is 7.05 Å². The Labute approximate surface area is 76.3 Å². The van der Waals surface area contributed by atoms with Gasteiger partial charge in [-0.05, 0) is 24.1 Å². The molecule has 0 N–H and O–H groups in total. The summed E-state index contributed by atoms with van der Waals surface area (Å²) in [5, 5.41) is 7.44. The standard InChI is InChI=1S/C8H11N5/c1-13-8(5-7-11-13)4-2-3-6-10-12-9/h2,4-5,7H,3,6H2,1H3. The van der Waals surface area contributed by atoms with Gasteiger partial charge < -0.3 is 0 Å². The van der Waals surface area contributed by atoms with E-state index in [1.807, 2.05) is 25.3 Å². The molecule has 68 valence electrons. The van der Waals surface area contributed by atoms with Gasteiger partial charge in [0.1, 0.15) is 0 Å². The van der Waals surface area contributed by atoms with Gasteiger partial charge in [0.2, 0.25) is 0 Å². The summed E-state index contributed by atoms with van der Waals surface area (Å²) >= 11 is 0. The van der Waals surface area contributed by atoms with Crippen LogP contribution in [-0.4, -0.2) is 16.3 Å². The summed E-state index contributed by atoms with van der Waals surface area (Å²) in [5.41, 5.74) is 9.06. The molecule has 1 aromatic rings. The molecule has 13 heavy (non-hydrogen) atoms. The van der Waals surface area contributed by atoms with Crippen LogP contribution in [0.3, 0.4) is 0 Å². The Balaban J connectivity index is 2.40. The molecule has 5 heteroatoms. The van der Waals surface area contributed by atoms with Crippen LogP contribution >= 0.6 is 0 Å². The molecule has 0 saturated heterocycles. The highest BCUT2D eigenvalue weighted by Gasteiger charge is 1.89. The van der Waals surface area contributed by atoms with E-state index < -0.39 is 0 Å². The molecule has 0 atom stereocenters. The minimum atomic E-state index is 0.505. The summed E-state index contributed by atoms with van der Waals surface area (Å²) in [4.78, 5) is 2.66. The molecule has 1 rings (SSSR count). The van der Waals surface area contributed by atoms with Crippen molar-refractivity contribution in [2.75, 3.05) is 6.54 Å². The maximum atomic E-state index is 8.01. The number of nitrogens with zero attached hydrogens (tertiary/aromatic N) is 5. The molecular formula is C8H11N5. The van der Waals surface area contributed by atoms with Crippen molar-refractivity contribution in [2.24, 2.45) is 12.2 Å². The molecule has 0 fully saturated rings. The first-order chi connectivity index (χ1) is 6.34. The molecule has 0 aliphatic rings. The van der Waals surface area contributed by atoms with Gasteiger partial charge in [-0.25, -0.2) is 0 Å². The normalized spacial score (nSPS) is 10.2. The quantitative estimate of drug-likeness (QED) is 0.300. The Bertz CT molecular complexity index is 332. The monoisotopic (exact) mass is 177 g/mol. The first kappa shape index (κ1) is 9.35. The molecule has 0 bridgehead atoms. The van der Waals surface area contributed by atoms with E-state index in [0.717, 1.165) is 12.1 Å². The van der Waals surface area contributed by atoms with Crippen LogP contribution in [0, 0.1) is 0 Å². The van der Waals surface area contributed by atoms with E-state index in [9.17, 15) is 0 Å². The number of hydrogen-bond donors (Lipinski definition) is 0. The predicted molar refractivity (Wildman–Crippen MR) is 50.9 cm³/mol. The number of aryl methyl sites for hydroxylation is 1. The van der Waals surface area contributed by atoms with E-state index >= 15 is 0 Å². The van der Waals surface area contributed by atoms with Crippen LogP contribution in [0.4, 0.5) is 0 Å². The van der Waals surface area contributed by atoms with E-state index in [0.29, 0.717) is 6.54 Å². The van der Waals surface area contributed by atoms with Crippen molar-refractivity contribution in [3.05, 3.63) is 34.5 Å². The zero-order valence-electron chi connectivity index (χ0n) is 7.46. The Morgan fingerprint density at radius 2 is 2.62 bits per heavy atom. The fourth-order valence-corrected chi connectivity index (χ4v) is 0.929.